The molecule has 0 unspecified atom stereocenters. The molecule has 1 saturated heterocycles. The van der Waals surface area contributed by atoms with Crippen molar-refractivity contribution in [2.24, 2.45) is 0 Å². The number of esters is 1. The van der Waals surface area contributed by atoms with Gasteiger partial charge in [0.15, 0.2) is 0 Å². The Morgan fingerprint density at radius 3 is 2.84 bits per heavy atom. The third-order valence-electron chi connectivity index (χ3n) is 3.37. The highest BCUT2D eigenvalue weighted by molar-refractivity contribution is 5.95. The largest absolute Gasteiger partial charge is 0.465 e. The van der Waals surface area contributed by atoms with Crippen molar-refractivity contribution in [3.63, 3.8) is 0 Å². The number of nitrogens with two attached hydrogens (primary N) is 1. The lowest BCUT2D eigenvalue weighted by atomic mass is 10.1. The second-order valence-corrected chi connectivity index (χ2v) is 4.88. The Bertz CT molecular complexity index is 456. The Morgan fingerprint density at radius 2 is 2.21 bits per heavy atom. The number of carbonyl (C=O) groups excluding carboxylic acids is 1. The topological polar surface area (TPSA) is 80.5 Å². The highest BCUT2D eigenvalue weighted by Gasteiger charge is 2.20. The van der Waals surface area contributed by atoms with E-state index in [0.717, 1.165) is 25.9 Å². The predicted octanol–water partition coefficient (Wildman–Crippen LogP) is 0.956. The zero-order valence-electron chi connectivity index (χ0n) is 11.3. The number of hydrogen-bond donors (Lipinski definition) is 2. The summed E-state index contributed by atoms with van der Waals surface area (Å²) in [5.41, 5.74) is 6.51. The normalized spacial score (nSPS) is 17.2. The molecular weight excluding hydrogens is 244 g/mol. The first kappa shape index (κ1) is 13.6. The van der Waals surface area contributed by atoms with Crippen LogP contribution in [0.15, 0.2) is 12.3 Å². The Balaban J connectivity index is 2.13. The average Bonchev–Trinajstić information content (AvgIpc) is 2.42. The van der Waals surface area contributed by atoms with Crippen LogP contribution in [0.5, 0.6) is 0 Å². The van der Waals surface area contributed by atoms with E-state index in [9.17, 15) is 4.79 Å². The van der Waals surface area contributed by atoms with E-state index in [0.29, 0.717) is 23.1 Å². The summed E-state index contributed by atoms with van der Waals surface area (Å²) in [6, 6.07) is 1.92. The minimum absolute atomic E-state index is 0.329. The maximum atomic E-state index is 11.7. The van der Waals surface area contributed by atoms with E-state index in [1.54, 1.807) is 12.3 Å². The van der Waals surface area contributed by atoms with Gasteiger partial charge in [0.05, 0.1) is 19.0 Å². The van der Waals surface area contributed by atoms with Crippen molar-refractivity contribution in [3.05, 3.63) is 17.8 Å². The number of nitrogen functional groups attached to an aromatic ring is 1. The van der Waals surface area contributed by atoms with E-state index in [4.69, 9.17) is 10.5 Å². The van der Waals surface area contributed by atoms with Gasteiger partial charge in [-0.25, -0.2) is 9.78 Å². The van der Waals surface area contributed by atoms with Gasteiger partial charge in [0, 0.05) is 6.04 Å². The van der Waals surface area contributed by atoms with Crippen molar-refractivity contribution in [1.29, 1.82) is 0 Å². The van der Waals surface area contributed by atoms with Gasteiger partial charge in [0.2, 0.25) is 0 Å². The molecule has 0 radical (unpaired) electrons. The van der Waals surface area contributed by atoms with Gasteiger partial charge in [-0.2, -0.15) is 0 Å². The van der Waals surface area contributed by atoms with E-state index in [1.807, 2.05) is 0 Å². The number of nitrogens with one attached hydrogen (secondary N) is 1. The number of aromatic nitrogens is 1. The number of hydrogen-bond acceptors (Lipinski definition) is 6. The van der Waals surface area contributed by atoms with Crippen molar-refractivity contribution in [1.82, 2.24) is 9.88 Å². The summed E-state index contributed by atoms with van der Waals surface area (Å²) in [5, 5.41) is 3.32. The molecule has 0 aromatic carbocycles. The summed E-state index contributed by atoms with van der Waals surface area (Å²) in [6.07, 6.45) is 3.61. The number of likely N-dealkylation sites (tertiary alicyclic amines) is 1. The number of carbonyl (C=O) groups is 1. The number of anilines is 2. The Kier molecular flexibility index (Phi) is 4.21. The molecule has 2 heterocycles. The van der Waals surface area contributed by atoms with E-state index in [-0.39, 0.29) is 0 Å². The molecule has 1 aromatic heterocycles. The van der Waals surface area contributed by atoms with Crippen LogP contribution in [0.3, 0.4) is 0 Å². The summed E-state index contributed by atoms with van der Waals surface area (Å²) in [4.78, 5) is 18.2. The monoisotopic (exact) mass is 264 g/mol. The third-order valence-corrected chi connectivity index (χ3v) is 3.37. The van der Waals surface area contributed by atoms with Gasteiger partial charge in [0.25, 0.3) is 0 Å². The van der Waals surface area contributed by atoms with Crippen molar-refractivity contribution in [2.45, 2.75) is 18.9 Å². The highest BCUT2D eigenvalue weighted by Crippen LogP contribution is 2.20. The number of pyridine rings is 1. The van der Waals surface area contributed by atoms with Crippen LogP contribution in [0.4, 0.5) is 11.5 Å². The summed E-state index contributed by atoms with van der Waals surface area (Å²) in [7, 11) is 3.46. The lowest BCUT2D eigenvalue weighted by Gasteiger charge is -2.30. The van der Waals surface area contributed by atoms with Gasteiger partial charge in [-0.3, -0.25) is 0 Å². The smallest absolute Gasteiger partial charge is 0.341 e. The summed E-state index contributed by atoms with van der Waals surface area (Å²) in [6.45, 7) is 2.08. The molecule has 0 aliphatic carbocycles. The fourth-order valence-corrected chi connectivity index (χ4v) is 2.21. The maximum absolute atomic E-state index is 11.7. The van der Waals surface area contributed by atoms with Gasteiger partial charge in [-0.15, -0.1) is 0 Å². The number of rotatable bonds is 3. The second-order valence-electron chi connectivity index (χ2n) is 4.88. The van der Waals surface area contributed by atoms with Crippen LogP contribution >= 0.6 is 0 Å². The molecule has 1 fully saturated rings. The molecule has 0 atom stereocenters. The molecule has 0 bridgehead atoms. The molecule has 0 spiro atoms. The number of nitrogens with zero attached hydrogens (tertiary/aromatic N) is 2. The molecule has 0 amide bonds. The summed E-state index contributed by atoms with van der Waals surface area (Å²) < 4.78 is 4.76. The molecular formula is C13H20N4O2. The van der Waals surface area contributed by atoms with Gasteiger partial charge in [-0.1, -0.05) is 0 Å². The summed E-state index contributed by atoms with van der Waals surface area (Å²) in [5.74, 6) is 0.130. The lowest BCUT2D eigenvalue weighted by molar-refractivity contribution is 0.0601. The molecule has 1 aliphatic rings. The van der Waals surface area contributed by atoms with E-state index in [2.05, 4.69) is 22.2 Å². The molecule has 19 heavy (non-hydrogen) atoms. The Hall–Kier alpha value is -1.82. The molecule has 6 heteroatoms. The molecule has 0 saturated carbocycles. The maximum Gasteiger partial charge on any atom is 0.341 e. The van der Waals surface area contributed by atoms with Gasteiger partial charge < -0.3 is 20.7 Å². The van der Waals surface area contributed by atoms with E-state index >= 15 is 0 Å². The number of ether oxygens (including phenoxy) is 1. The fraction of sp³-hybridized carbons (Fsp3) is 0.538. The van der Waals surface area contributed by atoms with Gasteiger partial charge in [0.1, 0.15) is 11.4 Å². The Labute approximate surface area is 112 Å². The van der Waals surface area contributed by atoms with Gasteiger partial charge in [-0.05, 0) is 39.0 Å². The molecule has 1 aliphatic heterocycles. The Morgan fingerprint density at radius 1 is 1.53 bits per heavy atom. The molecule has 104 valence electrons. The predicted molar refractivity (Wildman–Crippen MR) is 74.1 cm³/mol. The number of methoxy groups -OCH3 is 1. The first-order chi connectivity index (χ1) is 9.10. The van der Waals surface area contributed by atoms with Crippen LogP contribution in [0.1, 0.15) is 23.2 Å². The van der Waals surface area contributed by atoms with Gasteiger partial charge >= 0.3 is 5.97 Å². The van der Waals surface area contributed by atoms with Crippen molar-refractivity contribution < 1.29 is 9.53 Å². The SMILES string of the molecule is COC(=O)c1cc(N)cnc1NC1CCN(C)CC1. The van der Waals surface area contributed by atoms with Crippen molar-refractivity contribution >= 4 is 17.5 Å². The van der Waals surface area contributed by atoms with E-state index in [1.165, 1.54) is 7.11 Å². The van der Waals surface area contributed by atoms with Crippen LogP contribution in [0.25, 0.3) is 0 Å². The zero-order chi connectivity index (χ0) is 13.8. The summed E-state index contributed by atoms with van der Waals surface area (Å²) >= 11 is 0. The van der Waals surface area contributed by atoms with Crippen LogP contribution in [0.2, 0.25) is 0 Å². The quantitative estimate of drug-likeness (QED) is 0.791. The van der Waals surface area contributed by atoms with Crippen molar-refractivity contribution in [2.75, 3.05) is 38.3 Å². The molecule has 3 N–H and O–H groups in total. The molecule has 6 nitrogen and oxygen atoms in total. The number of piperidine rings is 1. The van der Waals surface area contributed by atoms with Crippen LogP contribution in [0, 0.1) is 0 Å². The molecule has 1 aromatic rings. The lowest BCUT2D eigenvalue weighted by Crippen LogP contribution is -2.37. The molecule has 2 rings (SSSR count). The van der Waals surface area contributed by atoms with E-state index < -0.39 is 5.97 Å². The second kappa shape index (κ2) is 5.88. The minimum atomic E-state index is -0.421. The van der Waals surface area contributed by atoms with Crippen LogP contribution < -0.4 is 11.1 Å². The third kappa shape index (κ3) is 3.35. The van der Waals surface area contributed by atoms with Crippen LogP contribution in [-0.4, -0.2) is 49.1 Å². The van der Waals surface area contributed by atoms with Crippen LogP contribution in [-0.2, 0) is 4.74 Å². The zero-order valence-corrected chi connectivity index (χ0v) is 11.3. The first-order valence-electron chi connectivity index (χ1n) is 6.39. The first-order valence-corrected chi connectivity index (χ1v) is 6.39. The fourth-order valence-electron chi connectivity index (χ4n) is 2.21. The minimum Gasteiger partial charge on any atom is -0.465 e. The van der Waals surface area contributed by atoms with Crippen molar-refractivity contribution in [3.8, 4) is 0 Å². The average molecular weight is 264 g/mol. The standard InChI is InChI=1S/C13H20N4O2/c1-17-5-3-10(4-6-17)16-12-11(13(18)19-2)7-9(14)8-15-12/h7-8,10H,3-6,14H2,1-2H3,(H,15,16). The highest BCUT2D eigenvalue weighted by atomic mass is 16.5.